The summed E-state index contributed by atoms with van der Waals surface area (Å²) in [6.45, 7) is 8.63. The van der Waals surface area contributed by atoms with Crippen molar-refractivity contribution < 1.29 is 0 Å². The zero-order valence-corrected chi connectivity index (χ0v) is 15.1. The average molecular weight is 400 g/mol. The molecule has 0 spiro atoms. The van der Waals surface area contributed by atoms with Crippen molar-refractivity contribution in [3.05, 3.63) is 42.0 Å². The minimum atomic E-state index is 0. The maximum Gasteiger partial charge on any atom is 0.191 e. The number of rotatable bonds is 5. The number of anilines is 1. The van der Waals surface area contributed by atoms with Gasteiger partial charge < -0.3 is 15.5 Å². The largest absolute Gasteiger partial charge is 0.364 e. The minimum absolute atomic E-state index is 0. The van der Waals surface area contributed by atoms with Gasteiger partial charge in [-0.2, -0.15) is 0 Å². The number of halogens is 1. The first-order valence-corrected chi connectivity index (χ1v) is 7.34. The van der Waals surface area contributed by atoms with Gasteiger partial charge in [-0.05, 0) is 31.5 Å². The third kappa shape index (κ3) is 5.57. The molecule has 1 aliphatic rings. The van der Waals surface area contributed by atoms with E-state index < -0.39 is 0 Å². The summed E-state index contributed by atoms with van der Waals surface area (Å²) in [5.41, 5.74) is 2.51. The second-order valence-electron chi connectivity index (χ2n) is 4.77. The number of benzene rings is 1. The Morgan fingerprint density at radius 2 is 1.81 bits per heavy atom. The normalized spacial score (nSPS) is 12.8. The molecule has 0 saturated carbocycles. The van der Waals surface area contributed by atoms with Crippen molar-refractivity contribution in [2.75, 3.05) is 31.1 Å². The lowest BCUT2D eigenvalue weighted by Crippen LogP contribution is -2.36. The summed E-state index contributed by atoms with van der Waals surface area (Å²) in [5.74, 6) is 0.878. The van der Waals surface area contributed by atoms with Crippen LogP contribution in [0.1, 0.15) is 19.4 Å². The number of nitrogens with one attached hydrogen (secondary N) is 2. The van der Waals surface area contributed by atoms with Crippen LogP contribution < -0.4 is 15.5 Å². The van der Waals surface area contributed by atoms with E-state index in [1.165, 1.54) is 11.3 Å². The van der Waals surface area contributed by atoms with Gasteiger partial charge in [-0.15, -0.1) is 24.0 Å². The molecule has 1 aromatic rings. The molecule has 2 N–H and O–H groups in total. The fourth-order valence-electron chi connectivity index (χ4n) is 2.22. The van der Waals surface area contributed by atoms with Crippen LogP contribution >= 0.6 is 24.0 Å². The number of hydrogen-bond donors (Lipinski definition) is 2. The summed E-state index contributed by atoms with van der Waals surface area (Å²) in [5, 5.41) is 6.48. The second kappa shape index (κ2) is 9.65. The molecule has 0 unspecified atom stereocenters. The van der Waals surface area contributed by atoms with Gasteiger partial charge in [0.05, 0.1) is 6.54 Å². The molecule has 0 radical (unpaired) electrons. The Morgan fingerprint density at radius 3 is 2.43 bits per heavy atom. The van der Waals surface area contributed by atoms with E-state index in [1.54, 1.807) is 0 Å². The number of guanidine groups is 1. The zero-order valence-electron chi connectivity index (χ0n) is 12.8. The molecule has 0 saturated heterocycles. The van der Waals surface area contributed by atoms with Crippen LogP contribution in [0, 0.1) is 0 Å². The molecule has 0 aliphatic carbocycles. The van der Waals surface area contributed by atoms with Crippen molar-refractivity contribution in [2.45, 2.75) is 20.4 Å². The summed E-state index contributed by atoms with van der Waals surface area (Å²) >= 11 is 0. The van der Waals surface area contributed by atoms with E-state index in [0.29, 0.717) is 6.54 Å². The van der Waals surface area contributed by atoms with Crippen molar-refractivity contribution in [3.63, 3.8) is 0 Å². The SMILES string of the molecule is CCNC(=NCc1cccc(N2CC=CC2)c1)NCC.I. The highest BCUT2D eigenvalue weighted by molar-refractivity contribution is 14.0. The van der Waals surface area contributed by atoms with Gasteiger partial charge in [0.1, 0.15) is 0 Å². The first-order valence-electron chi connectivity index (χ1n) is 7.34. The summed E-state index contributed by atoms with van der Waals surface area (Å²) in [6, 6.07) is 8.63. The summed E-state index contributed by atoms with van der Waals surface area (Å²) < 4.78 is 0. The van der Waals surface area contributed by atoms with Crippen molar-refractivity contribution in [3.8, 4) is 0 Å². The van der Waals surface area contributed by atoms with Crippen LogP contribution in [0.5, 0.6) is 0 Å². The molecule has 4 nitrogen and oxygen atoms in total. The Kier molecular flexibility index (Phi) is 8.19. The maximum absolute atomic E-state index is 4.60. The van der Waals surface area contributed by atoms with Gasteiger partial charge in [0, 0.05) is 31.9 Å². The molecule has 0 amide bonds. The zero-order chi connectivity index (χ0) is 14.2. The quantitative estimate of drug-likeness (QED) is 0.346. The molecule has 116 valence electrons. The summed E-state index contributed by atoms with van der Waals surface area (Å²) in [7, 11) is 0. The lowest BCUT2D eigenvalue weighted by atomic mass is 10.2. The smallest absolute Gasteiger partial charge is 0.191 e. The Bertz CT molecular complexity index is 469. The van der Waals surface area contributed by atoms with E-state index in [4.69, 9.17) is 0 Å². The second-order valence-corrected chi connectivity index (χ2v) is 4.77. The Morgan fingerprint density at radius 1 is 1.14 bits per heavy atom. The first kappa shape index (κ1) is 17.8. The minimum Gasteiger partial charge on any atom is -0.364 e. The maximum atomic E-state index is 4.60. The fourth-order valence-corrected chi connectivity index (χ4v) is 2.22. The lowest BCUT2D eigenvalue weighted by Gasteiger charge is -2.18. The van der Waals surface area contributed by atoms with Crippen molar-refractivity contribution in [1.82, 2.24) is 10.6 Å². The lowest BCUT2D eigenvalue weighted by molar-refractivity contribution is 0.839. The van der Waals surface area contributed by atoms with E-state index in [-0.39, 0.29) is 24.0 Å². The Hall–Kier alpha value is -1.24. The summed E-state index contributed by atoms with van der Waals surface area (Å²) in [4.78, 5) is 6.95. The van der Waals surface area contributed by atoms with Gasteiger partial charge in [0.2, 0.25) is 0 Å². The molecule has 0 atom stereocenters. The topological polar surface area (TPSA) is 39.7 Å². The van der Waals surface area contributed by atoms with Crippen LogP contribution in [0.3, 0.4) is 0 Å². The van der Waals surface area contributed by atoms with E-state index in [2.05, 4.69) is 70.8 Å². The summed E-state index contributed by atoms with van der Waals surface area (Å²) in [6.07, 6.45) is 4.42. The van der Waals surface area contributed by atoms with Crippen LogP contribution in [-0.4, -0.2) is 32.1 Å². The Labute approximate surface area is 144 Å². The van der Waals surface area contributed by atoms with E-state index in [1.807, 2.05) is 0 Å². The van der Waals surface area contributed by atoms with Gasteiger partial charge in [0.15, 0.2) is 5.96 Å². The van der Waals surface area contributed by atoms with Gasteiger partial charge in [-0.25, -0.2) is 4.99 Å². The standard InChI is InChI=1S/C16H24N4.HI/c1-3-17-16(18-4-2)19-13-14-8-7-9-15(12-14)20-10-5-6-11-20;/h5-9,12H,3-4,10-11,13H2,1-2H3,(H2,17,18,19);1H. The fraction of sp³-hybridized carbons (Fsp3) is 0.438. The molecule has 5 heteroatoms. The highest BCUT2D eigenvalue weighted by atomic mass is 127. The van der Waals surface area contributed by atoms with Gasteiger partial charge >= 0.3 is 0 Å². The third-order valence-corrected chi connectivity index (χ3v) is 3.20. The predicted molar refractivity (Wildman–Crippen MR) is 102 cm³/mol. The molecular formula is C16H25IN4. The molecule has 21 heavy (non-hydrogen) atoms. The molecule has 0 aromatic heterocycles. The highest BCUT2D eigenvalue weighted by Crippen LogP contribution is 2.18. The van der Waals surface area contributed by atoms with Crippen LogP contribution in [0.4, 0.5) is 5.69 Å². The average Bonchev–Trinajstić information content (AvgIpc) is 3.00. The molecule has 1 aliphatic heterocycles. The highest BCUT2D eigenvalue weighted by Gasteiger charge is 2.07. The van der Waals surface area contributed by atoms with Crippen LogP contribution in [-0.2, 0) is 6.54 Å². The van der Waals surface area contributed by atoms with Crippen LogP contribution in [0.15, 0.2) is 41.4 Å². The molecule has 1 heterocycles. The number of nitrogens with zero attached hydrogens (tertiary/aromatic N) is 2. The van der Waals surface area contributed by atoms with E-state index in [0.717, 1.165) is 32.1 Å². The van der Waals surface area contributed by atoms with E-state index >= 15 is 0 Å². The molecule has 0 bridgehead atoms. The Balaban J connectivity index is 0.00000220. The van der Waals surface area contributed by atoms with Crippen LogP contribution in [0.2, 0.25) is 0 Å². The van der Waals surface area contributed by atoms with Crippen molar-refractivity contribution in [1.29, 1.82) is 0 Å². The first-order chi connectivity index (χ1) is 9.83. The molecule has 1 aromatic carbocycles. The third-order valence-electron chi connectivity index (χ3n) is 3.20. The van der Waals surface area contributed by atoms with Crippen LogP contribution in [0.25, 0.3) is 0 Å². The monoisotopic (exact) mass is 400 g/mol. The molecule has 0 fully saturated rings. The van der Waals surface area contributed by atoms with E-state index in [9.17, 15) is 0 Å². The number of hydrogen-bond acceptors (Lipinski definition) is 2. The van der Waals surface area contributed by atoms with Gasteiger partial charge in [-0.3, -0.25) is 0 Å². The number of aliphatic imine (C=N–C) groups is 1. The molecular weight excluding hydrogens is 375 g/mol. The van der Waals surface area contributed by atoms with Gasteiger partial charge in [0.25, 0.3) is 0 Å². The van der Waals surface area contributed by atoms with Crippen molar-refractivity contribution >= 4 is 35.6 Å². The van der Waals surface area contributed by atoms with Crippen molar-refractivity contribution in [2.24, 2.45) is 4.99 Å². The predicted octanol–water partition coefficient (Wildman–Crippen LogP) is 2.76. The molecule has 2 rings (SSSR count). The van der Waals surface area contributed by atoms with Gasteiger partial charge in [-0.1, -0.05) is 24.3 Å².